The Morgan fingerprint density at radius 3 is 2.68 bits per heavy atom. The molecule has 0 fully saturated rings. The maximum absolute atomic E-state index is 13.0. The molecule has 0 spiro atoms. The van der Waals surface area contributed by atoms with Gasteiger partial charge in [-0.2, -0.15) is 0 Å². The number of Topliss-reactive ketones (excluding diaryl/α,β-unsaturated/α-hetero) is 1. The predicted molar refractivity (Wildman–Crippen MR) is 67.5 cm³/mol. The molecule has 3 rings (SSSR count). The van der Waals surface area contributed by atoms with Crippen molar-refractivity contribution in [2.45, 2.75) is 6.42 Å². The number of carbonyl (C=O) groups is 1. The largest absolute Gasteiger partial charge is 0.297 e. The number of halogens is 2. The zero-order valence-corrected chi connectivity index (χ0v) is 10.5. The number of rotatable bonds is 3. The lowest BCUT2D eigenvalue weighted by Gasteiger charge is -1.99. The molecule has 0 amide bonds. The molecule has 0 aliphatic heterocycles. The summed E-state index contributed by atoms with van der Waals surface area (Å²) in [4.78, 5) is 17.0. The second kappa shape index (κ2) is 4.55. The van der Waals surface area contributed by atoms with Crippen molar-refractivity contribution in [1.29, 1.82) is 0 Å². The molecule has 19 heavy (non-hydrogen) atoms. The molecule has 0 radical (unpaired) electrons. The third-order valence-corrected chi connectivity index (χ3v) is 3.44. The van der Waals surface area contributed by atoms with Crippen LogP contribution in [0.5, 0.6) is 0 Å². The Morgan fingerprint density at radius 2 is 2.00 bits per heavy atom. The number of benzene rings is 1. The molecule has 0 unspecified atom stereocenters. The van der Waals surface area contributed by atoms with Gasteiger partial charge in [0.05, 0.1) is 12.1 Å². The van der Waals surface area contributed by atoms with Gasteiger partial charge in [0, 0.05) is 29.4 Å². The fourth-order valence-corrected chi connectivity index (χ4v) is 2.56. The smallest absolute Gasteiger partial charge is 0.193 e. The Kier molecular flexibility index (Phi) is 2.87. The highest BCUT2D eigenvalue weighted by Gasteiger charge is 2.12. The van der Waals surface area contributed by atoms with Crippen LogP contribution in [0.1, 0.15) is 16.1 Å². The molecule has 3 aromatic rings. The van der Waals surface area contributed by atoms with Crippen LogP contribution in [0.3, 0.4) is 0 Å². The van der Waals surface area contributed by atoms with Crippen molar-refractivity contribution in [2.75, 3.05) is 0 Å². The molecule has 2 aromatic heterocycles. The zero-order chi connectivity index (χ0) is 13.4. The third kappa shape index (κ3) is 2.39. The predicted octanol–water partition coefficient (Wildman–Crippen LogP) is 3.10. The van der Waals surface area contributed by atoms with E-state index < -0.39 is 11.6 Å². The van der Waals surface area contributed by atoms with Gasteiger partial charge in [-0.3, -0.25) is 9.20 Å². The van der Waals surface area contributed by atoms with Gasteiger partial charge in [-0.05, 0) is 12.1 Å². The SMILES string of the molecule is O=C(Cc1cn2ccsc2n1)c1cc(F)cc(F)c1. The normalized spacial score (nSPS) is 11.1. The van der Waals surface area contributed by atoms with E-state index in [1.165, 1.54) is 11.3 Å². The van der Waals surface area contributed by atoms with E-state index in [2.05, 4.69) is 4.98 Å². The molecule has 2 heterocycles. The summed E-state index contributed by atoms with van der Waals surface area (Å²) >= 11 is 1.46. The quantitative estimate of drug-likeness (QED) is 0.690. The van der Waals surface area contributed by atoms with Crippen molar-refractivity contribution >= 4 is 22.1 Å². The average molecular weight is 278 g/mol. The number of nitrogens with zero attached hydrogens (tertiary/aromatic N) is 2. The number of hydrogen-bond donors (Lipinski definition) is 0. The first-order valence-corrected chi connectivity index (χ1v) is 6.40. The van der Waals surface area contributed by atoms with Crippen molar-refractivity contribution in [3.63, 3.8) is 0 Å². The second-order valence-electron chi connectivity index (χ2n) is 4.08. The van der Waals surface area contributed by atoms with Gasteiger partial charge in [-0.25, -0.2) is 13.8 Å². The number of thiazole rings is 1. The molecule has 1 aromatic carbocycles. The van der Waals surface area contributed by atoms with E-state index in [0.717, 1.165) is 23.2 Å². The number of ketones is 1. The van der Waals surface area contributed by atoms with Crippen LogP contribution in [0, 0.1) is 11.6 Å². The maximum atomic E-state index is 13.0. The number of hydrogen-bond acceptors (Lipinski definition) is 3. The van der Waals surface area contributed by atoms with Crippen molar-refractivity contribution in [1.82, 2.24) is 9.38 Å². The Bertz CT molecular complexity index is 714. The van der Waals surface area contributed by atoms with Crippen LogP contribution in [-0.2, 0) is 6.42 Å². The lowest BCUT2D eigenvalue weighted by atomic mass is 10.1. The summed E-state index contributed by atoms with van der Waals surface area (Å²) < 4.78 is 27.9. The summed E-state index contributed by atoms with van der Waals surface area (Å²) in [7, 11) is 0. The molecule has 0 aliphatic carbocycles. The first-order chi connectivity index (χ1) is 9.11. The lowest BCUT2D eigenvalue weighted by molar-refractivity contribution is 0.0991. The molecular weight excluding hydrogens is 270 g/mol. The molecule has 0 saturated carbocycles. The average Bonchev–Trinajstić information content (AvgIpc) is 2.88. The van der Waals surface area contributed by atoms with Gasteiger partial charge < -0.3 is 0 Å². The molecule has 0 bridgehead atoms. The highest BCUT2D eigenvalue weighted by atomic mass is 32.1. The van der Waals surface area contributed by atoms with Crippen LogP contribution in [-0.4, -0.2) is 15.2 Å². The van der Waals surface area contributed by atoms with Gasteiger partial charge in [0.2, 0.25) is 0 Å². The van der Waals surface area contributed by atoms with Crippen LogP contribution in [0.2, 0.25) is 0 Å². The van der Waals surface area contributed by atoms with Crippen molar-refractivity contribution < 1.29 is 13.6 Å². The minimum Gasteiger partial charge on any atom is -0.297 e. The molecule has 0 atom stereocenters. The summed E-state index contributed by atoms with van der Waals surface area (Å²) in [5, 5.41) is 1.88. The van der Waals surface area contributed by atoms with E-state index in [4.69, 9.17) is 0 Å². The van der Waals surface area contributed by atoms with E-state index in [0.29, 0.717) is 5.69 Å². The summed E-state index contributed by atoms with van der Waals surface area (Å²) in [6.45, 7) is 0. The van der Waals surface area contributed by atoms with Gasteiger partial charge in [0.15, 0.2) is 10.7 Å². The van der Waals surface area contributed by atoms with Crippen molar-refractivity contribution in [3.05, 3.63) is 58.9 Å². The van der Waals surface area contributed by atoms with E-state index in [9.17, 15) is 13.6 Å². The lowest BCUT2D eigenvalue weighted by Crippen LogP contribution is -2.05. The van der Waals surface area contributed by atoms with Gasteiger partial charge in [-0.1, -0.05) is 0 Å². The number of carbonyl (C=O) groups excluding carboxylic acids is 1. The Labute approximate surface area is 111 Å². The summed E-state index contributed by atoms with van der Waals surface area (Å²) in [5.74, 6) is -1.87. The van der Waals surface area contributed by atoms with E-state index in [1.54, 1.807) is 10.6 Å². The minimum atomic E-state index is -0.755. The first-order valence-electron chi connectivity index (χ1n) is 5.52. The Hall–Kier alpha value is -2.08. The monoisotopic (exact) mass is 278 g/mol. The van der Waals surface area contributed by atoms with Crippen LogP contribution >= 0.6 is 11.3 Å². The van der Waals surface area contributed by atoms with Crippen LogP contribution in [0.4, 0.5) is 8.78 Å². The molecule has 96 valence electrons. The topological polar surface area (TPSA) is 34.4 Å². The van der Waals surface area contributed by atoms with Crippen LogP contribution in [0.15, 0.2) is 36.0 Å². The zero-order valence-electron chi connectivity index (χ0n) is 9.64. The third-order valence-electron chi connectivity index (χ3n) is 2.67. The van der Waals surface area contributed by atoms with Crippen LogP contribution < -0.4 is 0 Å². The fourth-order valence-electron chi connectivity index (χ4n) is 1.84. The number of imidazole rings is 1. The Morgan fingerprint density at radius 1 is 1.26 bits per heavy atom. The van der Waals surface area contributed by atoms with Gasteiger partial charge >= 0.3 is 0 Å². The highest BCUT2D eigenvalue weighted by Crippen LogP contribution is 2.14. The second-order valence-corrected chi connectivity index (χ2v) is 4.96. The van der Waals surface area contributed by atoms with Gasteiger partial charge in [-0.15, -0.1) is 11.3 Å². The van der Waals surface area contributed by atoms with E-state index in [-0.39, 0.29) is 17.8 Å². The van der Waals surface area contributed by atoms with E-state index >= 15 is 0 Å². The Balaban J connectivity index is 1.86. The number of fused-ring (bicyclic) bond motifs is 1. The summed E-state index contributed by atoms with van der Waals surface area (Å²) in [6.07, 6.45) is 3.60. The molecule has 0 aliphatic rings. The fraction of sp³-hybridized carbons (Fsp3) is 0.0769. The minimum absolute atomic E-state index is 0.0221. The first kappa shape index (κ1) is 12.0. The summed E-state index contributed by atoms with van der Waals surface area (Å²) in [6, 6.07) is 2.80. The van der Waals surface area contributed by atoms with Gasteiger partial charge in [0.25, 0.3) is 0 Å². The van der Waals surface area contributed by atoms with E-state index in [1.807, 2.05) is 11.6 Å². The summed E-state index contributed by atoms with van der Waals surface area (Å²) in [5.41, 5.74) is 0.607. The standard InChI is InChI=1S/C13H8F2N2OS/c14-9-3-8(4-10(15)5-9)12(18)6-11-7-17-1-2-19-13(17)16-11/h1-5,7H,6H2. The number of aromatic nitrogens is 2. The molecule has 3 nitrogen and oxygen atoms in total. The van der Waals surface area contributed by atoms with Gasteiger partial charge in [0.1, 0.15) is 11.6 Å². The molecule has 0 N–H and O–H groups in total. The van der Waals surface area contributed by atoms with Crippen LogP contribution in [0.25, 0.3) is 4.96 Å². The maximum Gasteiger partial charge on any atom is 0.193 e. The van der Waals surface area contributed by atoms with Crippen molar-refractivity contribution in [3.8, 4) is 0 Å². The molecular formula is C13H8F2N2OS. The highest BCUT2D eigenvalue weighted by molar-refractivity contribution is 7.15. The van der Waals surface area contributed by atoms with Crippen molar-refractivity contribution in [2.24, 2.45) is 0 Å². The molecule has 6 heteroatoms. The molecule has 0 saturated heterocycles.